The molecule has 1 aliphatic rings. The second kappa shape index (κ2) is 12.2. The molecule has 0 radical (unpaired) electrons. The molecule has 1 aromatic carbocycles. The van der Waals surface area contributed by atoms with Gasteiger partial charge in [-0.2, -0.15) is 0 Å². The summed E-state index contributed by atoms with van der Waals surface area (Å²) in [5.41, 5.74) is 8.50. The van der Waals surface area contributed by atoms with Gasteiger partial charge in [0.05, 0.1) is 0 Å². The van der Waals surface area contributed by atoms with Crippen LogP contribution in [0.5, 0.6) is 0 Å². The molecule has 1 fully saturated rings. The summed E-state index contributed by atoms with van der Waals surface area (Å²) in [6, 6.07) is 16.9. The maximum absolute atomic E-state index is 5.95. The highest BCUT2D eigenvalue weighted by molar-refractivity contribution is 5.77. The molecule has 0 bridgehead atoms. The average Bonchev–Trinajstić information content (AvgIpc) is 2.76. The molecule has 1 saturated heterocycles. The fourth-order valence-electron chi connectivity index (χ4n) is 3.93. The SMILES string of the molecule is NC(=NCCCCN1CCC(Cc2ccccc2)CC1)NCCc1ccccn1. The molecule has 156 valence electrons. The number of piperidine rings is 1. The van der Waals surface area contributed by atoms with Crippen LogP contribution in [-0.2, 0) is 12.8 Å². The monoisotopic (exact) mass is 393 g/mol. The fraction of sp³-hybridized carbons (Fsp3) is 0.500. The first-order chi connectivity index (χ1) is 14.3. The van der Waals surface area contributed by atoms with E-state index in [0.29, 0.717) is 5.96 Å². The maximum atomic E-state index is 5.95. The topological polar surface area (TPSA) is 66.5 Å². The first kappa shape index (κ1) is 21.3. The van der Waals surface area contributed by atoms with Crippen molar-refractivity contribution in [3.8, 4) is 0 Å². The number of nitrogens with one attached hydrogen (secondary N) is 1. The van der Waals surface area contributed by atoms with Crippen LogP contribution in [0.25, 0.3) is 0 Å². The van der Waals surface area contributed by atoms with Crippen LogP contribution in [0.3, 0.4) is 0 Å². The van der Waals surface area contributed by atoms with Crippen LogP contribution in [0.2, 0.25) is 0 Å². The third-order valence-corrected chi connectivity index (χ3v) is 5.65. The van der Waals surface area contributed by atoms with Gasteiger partial charge < -0.3 is 16.0 Å². The smallest absolute Gasteiger partial charge is 0.188 e. The molecule has 0 amide bonds. The van der Waals surface area contributed by atoms with Gasteiger partial charge in [-0.3, -0.25) is 9.98 Å². The van der Waals surface area contributed by atoms with Gasteiger partial charge in [0.2, 0.25) is 0 Å². The summed E-state index contributed by atoms with van der Waals surface area (Å²) >= 11 is 0. The lowest BCUT2D eigenvalue weighted by Crippen LogP contribution is -2.35. The maximum Gasteiger partial charge on any atom is 0.188 e. The first-order valence-electron chi connectivity index (χ1n) is 11.0. The van der Waals surface area contributed by atoms with Crippen molar-refractivity contribution in [3.05, 3.63) is 66.0 Å². The molecule has 3 rings (SSSR count). The highest BCUT2D eigenvalue weighted by Gasteiger charge is 2.18. The number of guanidine groups is 1. The van der Waals surface area contributed by atoms with Gasteiger partial charge in [0, 0.05) is 31.4 Å². The number of likely N-dealkylation sites (tertiary alicyclic amines) is 1. The number of rotatable bonds is 10. The van der Waals surface area contributed by atoms with Gasteiger partial charge in [-0.1, -0.05) is 36.4 Å². The molecular weight excluding hydrogens is 358 g/mol. The molecule has 5 nitrogen and oxygen atoms in total. The minimum Gasteiger partial charge on any atom is -0.370 e. The van der Waals surface area contributed by atoms with Crippen LogP contribution in [0.15, 0.2) is 59.7 Å². The van der Waals surface area contributed by atoms with Crippen molar-refractivity contribution in [3.63, 3.8) is 0 Å². The van der Waals surface area contributed by atoms with Gasteiger partial charge in [-0.25, -0.2) is 0 Å². The number of benzene rings is 1. The van der Waals surface area contributed by atoms with E-state index in [9.17, 15) is 0 Å². The Kier molecular flexibility index (Phi) is 8.98. The van der Waals surface area contributed by atoms with Crippen molar-refractivity contribution < 1.29 is 0 Å². The Balaban J connectivity index is 1.21. The number of hydrogen-bond donors (Lipinski definition) is 2. The highest BCUT2D eigenvalue weighted by atomic mass is 15.1. The predicted octanol–water partition coefficient (Wildman–Crippen LogP) is 3.26. The van der Waals surface area contributed by atoms with E-state index in [1.807, 2.05) is 24.4 Å². The van der Waals surface area contributed by atoms with Crippen LogP contribution in [0, 0.1) is 5.92 Å². The van der Waals surface area contributed by atoms with Crippen LogP contribution in [0.1, 0.15) is 36.9 Å². The van der Waals surface area contributed by atoms with Crippen LogP contribution < -0.4 is 11.1 Å². The highest BCUT2D eigenvalue weighted by Crippen LogP contribution is 2.21. The molecule has 29 heavy (non-hydrogen) atoms. The number of unbranched alkanes of at least 4 members (excludes halogenated alkanes) is 1. The van der Waals surface area contributed by atoms with Crippen molar-refractivity contribution in [2.45, 2.75) is 38.5 Å². The van der Waals surface area contributed by atoms with Gasteiger partial charge in [0.1, 0.15) is 0 Å². The van der Waals surface area contributed by atoms with Crippen molar-refractivity contribution in [2.24, 2.45) is 16.6 Å². The fourth-order valence-corrected chi connectivity index (χ4v) is 3.93. The molecular formula is C24H35N5. The Bertz CT molecular complexity index is 709. The summed E-state index contributed by atoms with van der Waals surface area (Å²) in [5.74, 6) is 1.39. The van der Waals surface area contributed by atoms with Gasteiger partial charge >= 0.3 is 0 Å². The predicted molar refractivity (Wildman–Crippen MR) is 121 cm³/mol. The summed E-state index contributed by atoms with van der Waals surface area (Å²) < 4.78 is 0. The molecule has 3 N–H and O–H groups in total. The van der Waals surface area contributed by atoms with E-state index >= 15 is 0 Å². The molecule has 2 aromatic rings. The zero-order chi connectivity index (χ0) is 20.2. The largest absolute Gasteiger partial charge is 0.370 e. The van der Waals surface area contributed by atoms with Crippen molar-refractivity contribution in [1.29, 1.82) is 0 Å². The zero-order valence-corrected chi connectivity index (χ0v) is 17.5. The molecule has 0 saturated carbocycles. The molecule has 0 spiro atoms. The van der Waals surface area contributed by atoms with Gasteiger partial charge in [0.25, 0.3) is 0 Å². The minimum absolute atomic E-state index is 0.544. The Labute approximate surface area is 175 Å². The number of aliphatic imine (C=N–C) groups is 1. The Hall–Kier alpha value is -2.40. The number of hydrogen-bond acceptors (Lipinski definition) is 3. The molecule has 1 aliphatic heterocycles. The average molecular weight is 394 g/mol. The Morgan fingerprint density at radius 1 is 1.07 bits per heavy atom. The minimum atomic E-state index is 0.544. The van der Waals surface area contributed by atoms with E-state index in [-0.39, 0.29) is 0 Å². The van der Waals surface area contributed by atoms with E-state index in [0.717, 1.165) is 37.5 Å². The Morgan fingerprint density at radius 3 is 2.62 bits per heavy atom. The molecule has 0 atom stereocenters. The van der Waals surface area contributed by atoms with Crippen LogP contribution >= 0.6 is 0 Å². The van der Waals surface area contributed by atoms with E-state index in [2.05, 4.69) is 50.5 Å². The molecule has 2 heterocycles. The molecule has 0 aliphatic carbocycles. The van der Waals surface area contributed by atoms with Crippen LogP contribution in [-0.4, -0.2) is 48.6 Å². The first-order valence-corrected chi connectivity index (χ1v) is 11.0. The van der Waals surface area contributed by atoms with Gasteiger partial charge in [-0.05, 0) is 75.4 Å². The summed E-state index contributed by atoms with van der Waals surface area (Å²) in [6.45, 7) is 5.22. The summed E-state index contributed by atoms with van der Waals surface area (Å²) in [7, 11) is 0. The lowest BCUT2D eigenvalue weighted by molar-refractivity contribution is 0.181. The lowest BCUT2D eigenvalue weighted by atomic mass is 9.90. The summed E-state index contributed by atoms with van der Waals surface area (Å²) in [4.78, 5) is 11.4. The van der Waals surface area contributed by atoms with Gasteiger partial charge in [-0.15, -0.1) is 0 Å². The van der Waals surface area contributed by atoms with Crippen molar-refractivity contribution in [1.82, 2.24) is 15.2 Å². The van der Waals surface area contributed by atoms with Gasteiger partial charge in [0.15, 0.2) is 5.96 Å². The normalized spacial score (nSPS) is 16.1. The number of nitrogens with zero attached hydrogens (tertiary/aromatic N) is 3. The van der Waals surface area contributed by atoms with E-state index in [1.165, 1.54) is 50.9 Å². The quantitative estimate of drug-likeness (QED) is 0.369. The Morgan fingerprint density at radius 2 is 1.86 bits per heavy atom. The third-order valence-electron chi connectivity index (χ3n) is 5.65. The lowest BCUT2D eigenvalue weighted by Gasteiger charge is -2.32. The van der Waals surface area contributed by atoms with E-state index in [1.54, 1.807) is 0 Å². The number of pyridine rings is 1. The third kappa shape index (κ3) is 8.24. The second-order valence-corrected chi connectivity index (χ2v) is 7.95. The number of nitrogens with two attached hydrogens (primary N) is 1. The zero-order valence-electron chi connectivity index (χ0n) is 17.5. The summed E-state index contributed by atoms with van der Waals surface area (Å²) in [6.07, 6.45) is 8.83. The molecule has 5 heteroatoms. The van der Waals surface area contributed by atoms with Crippen molar-refractivity contribution >= 4 is 5.96 Å². The number of aromatic nitrogens is 1. The van der Waals surface area contributed by atoms with E-state index < -0.39 is 0 Å². The van der Waals surface area contributed by atoms with E-state index in [4.69, 9.17) is 5.73 Å². The second-order valence-electron chi connectivity index (χ2n) is 7.95. The molecule has 1 aromatic heterocycles. The summed E-state index contributed by atoms with van der Waals surface area (Å²) in [5, 5.41) is 3.17. The van der Waals surface area contributed by atoms with Crippen LogP contribution in [0.4, 0.5) is 0 Å². The molecule has 0 unspecified atom stereocenters. The standard InChI is InChI=1S/C24H35N5/c25-24(28-16-11-23-10-4-5-14-26-23)27-15-6-7-17-29-18-12-22(13-19-29)20-21-8-2-1-3-9-21/h1-5,8-10,14,22H,6-7,11-13,15-20H2,(H3,25,27,28). The van der Waals surface area contributed by atoms with Crippen molar-refractivity contribution in [2.75, 3.05) is 32.7 Å².